The Kier molecular flexibility index (Phi) is 2.63. The van der Waals surface area contributed by atoms with Gasteiger partial charge in [-0.1, -0.05) is 0 Å². The van der Waals surface area contributed by atoms with Crippen molar-refractivity contribution >= 4 is 5.95 Å². The van der Waals surface area contributed by atoms with Crippen molar-refractivity contribution in [3.8, 4) is 0 Å². The number of nitrogens with one attached hydrogen (secondary N) is 1. The van der Waals surface area contributed by atoms with Gasteiger partial charge in [0.2, 0.25) is 5.95 Å². The van der Waals surface area contributed by atoms with Crippen LogP contribution in [0.25, 0.3) is 0 Å². The van der Waals surface area contributed by atoms with Crippen LogP contribution in [-0.4, -0.2) is 42.1 Å². The molecule has 1 saturated heterocycles. The molecule has 1 aromatic rings. The number of hydrogen-bond donors (Lipinski definition) is 1. The molecule has 0 radical (unpaired) electrons. The fourth-order valence-electron chi connectivity index (χ4n) is 1.89. The molecule has 4 heteroatoms. The van der Waals surface area contributed by atoms with Gasteiger partial charge in [-0.05, 0) is 25.6 Å². The Morgan fingerprint density at radius 2 is 2.14 bits per heavy atom. The first-order chi connectivity index (χ1) is 6.79. The van der Waals surface area contributed by atoms with Gasteiger partial charge in [0, 0.05) is 31.9 Å². The number of nitrogens with zero attached hydrogens (tertiary/aromatic N) is 3. The van der Waals surface area contributed by atoms with Crippen LogP contribution in [0.5, 0.6) is 0 Å². The second-order valence-corrected chi connectivity index (χ2v) is 3.84. The maximum atomic E-state index is 4.23. The molecule has 4 nitrogen and oxygen atoms in total. The van der Waals surface area contributed by atoms with Crippen molar-refractivity contribution < 1.29 is 0 Å². The topological polar surface area (TPSA) is 41.1 Å². The highest BCUT2D eigenvalue weighted by Gasteiger charge is 2.21. The quantitative estimate of drug-likeness (QED) is 0.757. The van der Waals surface area contributed by atoms with E-state index < -0.39 is 0 Å². The molecule has 1 N–H and O–H groups in total. The number of likely N-dealkylation sites (tertiary alicyclic amines) is 1. The van der Waals surface area contributed by atoms with Crippen molar-refractivity contribution in [2.24, 2.45) is 0 Å². The Labute approximate surface area is 84.4 Å². The van der Waals surface area contributed by atoms with E-state index in [0.29, 0.717) is 11.9 Å². The molecule has 76 valence electrons. The van der Waals surface area contributed by atoms with Crippen LogP contribution in [0.4, 0.5) is 5.95 Å². The molecular weight excluding hydrogens is 176 g/mol. The molecule has 1 aromatic heterocycles. The second-order valence-electron chi connectivity index (χ2n) is 3.84. The fraction of sp³-hybridized carbons (Fsp3) is 0.600. The second kappa shape index (κ2) is 3.92. The Morgan fingerprint density at radius 3 is 2.64 bits per heavy atom. The van der Waals surface area contributed by atoms with Gasteiger partial charge in [-0.25, -0.2) is 9.97 Å². The highest BCUT2D eigenvalue weighted by molar-refractivity contribution is 5.25. The predicted octanol–water partition coefficient (Wildman–Crippen LogP) is 0.937. The zero-order chi connectivity index (χ0) is 9.97. The molecule has 2 rings (SSSR count). The number of likely N-dealkylation sites (N-methyl/N-ethyl adjacent to an activating group) is 1. The molecule has 1 aliphatic heterocycles. The van der Waals surface area contributed by atoms with E-state index >= 15 is 0 Å². The molecule has 0 aliphatic carbocycles. The third-order valence-corrected chi connectivity index (χ3v) is 2.76. The van der Waals surface area contributed by atoms with E-state index in [1.165, 1.54) is 18.5 Å². The van der Waals surface area contributed by atoms with E-state index in [1.807, 2.05) is 19.4 Å². The summed E-state index contributed by atoms with van der Waals surface area (Å²) in [6.45, 7) is 2.31. The SMILES string of the molecule is CNc1ncc(C2CCN(C)C2)cn1. The van der Waals surface area contributed by atoms with Crippen LogP contribution >= 0.6 is 0 Å². The maximum absolute atomic E-state index is 4.23. The Hall–Kier alpha value is -1.16. The van der Waals surface area contributed by atoms with Crippen molar-refractivity contribution in [1.29, 1.82) is 0 Å². The lowest BCUT2D eigenvalue weighted by Crippen LogP contribution is -2.13. The first-order valence-corrected chi connectivity index (χ1v) is 4.98. The number of hydrogen-bond acceptors (Lipinski definition) is 4. The zero-order valence-corrected chi connectivity index (χ0v) is 8.70. The minimum absolute atomic E-state index is 0.617. The molecule has 2 heterocycles. The van der Waals surface area contributed by atoms with Crippen LogP contribution in [0.3, 0.4) is 0 Å². The van der Waals surface area contributed by atoms with Crippen molar-refractivity contribution in [2.45, 2.75) is 12.3 Å². The third-order valence-electron chi connectivity index (χ3n) is 2.76. The van der Waals surface area contributed by atoms with Crippen LogP contribution in [0.1, 0.15) is 17.9 Å². The van der Waals surface area contributed by atoms with Crippen LogP contribution in [-0.2, 0) is 0 Å². The summed E-state index contributed by atoms with van der Waals surface area (Å²) in [5.41, 5.74) is 1.26. The highest BCUT2D eigenvalue weighted by atomic mass is 15.1. The first kappa shape index (κ1) is 9.40. The monoisotopic (exact) mass is 192 g/mol. The first-order valence-electron chi connectivity index (χ1n) is 4.98. The van der Waals surface area contributed by atoms with E-state index in [9.17, 15) is 0 Å². The minimum atomic E-state index is 0.617. The molecule has 0 spiro atoms. The average molecular weight is 192 g/mol. The van der Waals surface area contributed by atoms with Crippen LogP contribution < -0.4 is 5.32 Å². The number of aromatic nitrogens is 2. The van der Waals surface area contributed by atoms with Crippen LogP contribution in [0.2, 0.25) is 0 Å². The Morgan fingerprint density at radius 1 is 1.43 bits per heavy atom. The van der Waals surface area contributed by atoms with Gasteiger partial charge in [0.1, 0.15) is 0 Å². The lowest BCUT2D eigenvalue weighted by molar-refractivity contribution is 0.411. The van der Waals surface area contributed by atoms with Crippen molar-refractivity contribution in [3.63, 3.8) is 0 Å². The molecule has 14 heavy (non-hydrogen) atoms. The van der Waals surface area contributed by atoms with Gasteiger partial charge >= 0.3 is 0 Å². The summed E-state index contributed by atoms with van der Waals surface area (Å²) in [5.74, 6) is 1.31. The van der Waals surface area contributed by atoms with Crippen molar-refractivity contribution in [3.05, 3.63) is 18.0 Å². The smallest absolute Gasteiger partial charge is 0.222 e. The van der Waals surface area contributed by atoms with E-state index in [1.54, 1.807) is 0 Å². The van der Waals surface area contributed by atoms with Gasteiger partial charge in [-0.2, -0.15) is 0 Å². The molecule has 0 amide bonds. The molecule has 0 bridgehead atoms. The van der Waals surface area contributed by atoms with Crippen molar-refractivity contribution in [2.75, 3.05) is 32.5 Å². The summed E-state index contributed by atoms with van der Waals surface area (Å²) in [7, 11) is 3.99. The molecule has 1 fully saturated rings. The normalized spacial score (nSPS) is 22.6. The lowest BCUT2D eigenvalue weighted by atomic mass is 10.0. The zero-order valence-electron chi connectivity index (χ0n) is 8.70. The number of rotatable bonds is 2. The van der Waals surface area contributed by atoms with Gasteiger partial charge in [0.15, 0.2) is 0 Å². The highest BCUT2D eigenvalue weighted by Crippen LogP contribution is 2.25. The Bertz CT molecular complexity index is 295. The molecular formula is C10H16N4. The summed E-state index contributed by atoms with van der Waals surface area (Å²) in [4.78, 5) is 10.8. The van der Waals surface area contributed by atoms with Crippen LogP contribution in [0.15, 0.2) is 12.4 Å². The average Bonchev–Trinajstić information content (AvgIpc) is 2.65. The standard InChI is InChI=1S/C10H16N4/c1-11-10-12-5-9(6-13-10)8-3-4-14(2)7-8/h5-6,8H,3-4,7H2,1-2H3,(H,11,12,13). The van der Waals surface area contributed by atoms with E-state index in [2.05, 4.69) is 27.2 Å². The van der Waals surface area contributed by atoms with Gasteiger partial charge in [-0.3, -0.25) is 0 Å². The van der Waals surface area contributed by atoms with E-state index in [-0.39, 0.29) is 0 Å². The van der Waals surface area contributed by atoms with Gasteiger partial charge in [0.25, 0.3) is 0 Å². The number of anilines is 1. The maximum Gasteiger partial charge on any atom is 0.222 e. The predicted molar refractivity (Wildman–Crippen MR) is 56.4 cm³/mol. The van der Waals surface area contributed by atoms with E-state index in [4.69, 9.17) is 0 Å². The summed E-state index contributed by atoms with van der Waals surface area (Å²) in [6, 6.07) is 0. The summed E-state index contributed by atoms with van der Waals surface area (Å²) in [5, 5.41) is 2.92. The van der Waals surface area contributed by atoms with Gasteiger partial charge in [-0.15, -0.1) is 0 Å². The molecule has 0 saturated carbocycles. The summed E-state index contributed by atoms with van der Waals surface area (Å²) >= 11 is 0. The third kappa shape index (κ3) is 1.85. The fourth-order valence-corrected chi connectivity index (χ4v) is 1.89. The lowest BCUT2D eigenvalue weighted by Gasteiger charge is -2.10. The minimum Gasteiger partial charge on any atom is -0.357 e. The molecule has 0 aromatic carbocycles. The molecule has 1 atom stereocenters. The molecule has 1 aliphatic rings. The summed E-state index contributed by atoms with van der Waals surface area (Å²) in [6.07, 6.45) is 5.09. The van der Waals surface area contributed by atoms with E-state index in [0.717, 1.165) is 6.54 Å². The van der Waals surface area contributed by atoms with Gasteiger partial charge < -0.3 is 10.2 Å². The van der Waals surface area contributed by atoms with Crippen molar-refractivity contribution in [1.82, 2.24) is 14.9 Å². The van der Waals surface area contributed by atoms with Gasteiger partial charge in [0.05, 0.1) is 0 Å². The molecule has 1 unspecified atom stereocenters. The Balaban J connectivity index is 2.09. The van der Waals surface area contributed by atoms with Crippen LogP contribution in [0, 0.1) is 0 Å². The largest absolute Gasteiger partial charge is 0.357 e. The summed E-state index contributed by atoms with van der Waals surface area (Å²) < 4.78 is 0.